The van der Waals surface area contributed by atoms with E-state index in [1.807, 2.05) is 13.8 Å². The monoisotopic (exact) mass is 342 g/mol. The lowest BCUT2D eigenvalue weighted by molar-refractivity contribution is -0.159. The van der Waals surface area contributed by atoms with Crippen LogP contribution in [-0.2, 0) is 9.53 Å². The molecule has 0 bridgehead atoms. The highest BCUT2D eigenvalue weighted by Gasteiger charge is 2.27. The highest BCUT2D eigenvalue weighted by atomic mass is 16.6. The number of ether oxygens (including phenoxy) is 1. The maximum Gasteiger partial charge on any atom is 0.306 e. The SMILES string of the molecule is CCC(C)(O)CCCCCC(=O)OC(C)(CC)CCCC(C)(C)C. The molecule has 1 N–H and O–H groups in total. The number of hydrogen-bond donors (Lipinski definition) is 1. The van der Waals surface area contributed by atoms with Gasteiger partial charge in [0.1, 0.15) is 5.60 Å². The van der Waals surface area contributed by atoms with E-state index in [2.05, 4.69) is 34.6 Å². The molecule has 24 heavy (non-hydrogen) atoms. The minimum Gasteiger partial charge on any atom is -0.459 e. The third-order valence-corrected chi connectivity index (χ3v) is 5.10. The summed E-state index contributed by atoms with van der Waals surface area (Å²) >= 11 is 0. The van der Waals surface area contributed by atoms with Crippen LogP contribution in [0, 0.1) is 5.41 Å². The molecular formula is C21H42O3. The van der Waals surface area contributed by atoms with Gasteiger partial charge in [-0.1, -0.05) is 47.5 Å². The van der Waals surface area contributed by atoms with E-state index in [1.165, 1.54) is 0 Å². The van der Waals surface area contributed by atoms with Crippen molar-refractivity contribution in [1.82, 2.24) is 0 Å². The average Bonchev–Trinajstić information content (AvgIpc) is 2.45. The second-order valence-corrected chi connectivity index (χ2v) is 9.10. The molecule has 144 valence electrons. The van der Waals surface area contributed by atoms with Gasteiger partial charge in [-0.15, -0.1) is 0 Å². The van der Waals surface area contributed by atoms with Crippen molar-refractivity contribution in [3.8, 4) is 0 Å². The van der Waals surface area contributed by atoms with Gasteiger partial charge in [-0.2, -0.15) is 0 Å². The molecule has 3 heteroatoms. The smallest absolute Gasteiger partial charge is 0.306 e. The number of esters is 1. The summed E-state index contributed by atoms with van der Waals surface area (Å²) in [7, 11) is 0. The van der Waals surface area contributed by atoms with Crippen LogP contribution in [0.15, 0.2) is 0 Å². The molecule has 0 heterocycles. The summed E-state index contributed by atoms with van der Waals surface area (Å²) in [6.07, 6.45) is 8.89. The van der Waals surface area contributed by atoms with Crippen LogP contribution in [0.4, 0.5) is 0 Å². The van der Waals surface area contributed by atoms with Crippen LogP contribution in [-0.4, -0.2) is 22.3 Å². The van der Waals surface area contributed by atoms with E-state index in [-0.39, 0.29) is 11.6 Å². The molecule has 0 aromatic carbocycles. The standard InChI is InChI=1S/C21H42O3/c1-8-20(6,23)16-12-10-11-14-18(22)24-21(7,9-2)17-13-15-19(3,4)5/h23H,8-17H2,1-7H3. The molecule has 0 aliphatic carbocycles. The van der Waals surface area contributed by atoms with E-state index in [9.17, 15) is 9.90 Å². The molecule has 0 spiro atoms. The van der Waals surface area contributed by atoms with Gasteiger partial charge in [0.2, 0.25) is 0 Å². The van der Waals surface area contributed by atoms with Gasteiger partial charge >= 0.3 is 5.97 Å². The molecule has 0 aliphatic rings. The summed E-state index contributed by atoms with van der Waals surface area (Å²) in [6, 6.07) is 0. The van der Waals surface area contributed by atoms with E-state index in [4.69, 9.17) is 4.74 Å². The van der Waals surface area contributed by atoms with Crippen LogP contribution in [0.3, 0.4) is 0 Å². The Morgan fingerprint density at radius 3 is 1.96 bits per heavy atom. The van der Waals surface area contributed by atoms with Crippen LogP contribution in [0.25, 0.3) is 0 Å². The number of carbonyl (C=O) groups excluding carboxylic acids is 1. The third kappa shape index (κ3) is 11.9. The van der Waals surface area contributed by atoms with E-state index in [0.29, 0.717) is 11.8 Å². The van der Waals surface area contributed by atoms with Crippen LogP contribution in [0.1, 0.15) is 113 Å². The van der Waals surface area contributed by atoms with Crippen molar-refractivity contribution in [2.24, 2.45) is 5.41 Å². The van der Waals surface area contributed by atoms with Gasteiger partial charge in [-0.3, -0.25) is 4.79 Å². The Labute approximate surface area is 150 Å². The predicted octanol–water partition coefficient (Wildman–Crippen LogP) is 6.03. The van der Waals surface area contributed by atoms with Crippen molar-refractivity contribution in [3.63, 3.8) is 0 Å². The Kier molecular flexibility index (Phi) is 10.2. The van der Waals surface area contributed by atoms with Crippen molar-refractivity contribution >= 4 is 5.97 Å². The summed E-state index contributed by atoms with van der Waals surface area (Å²) in [4.78, 5) is 12.1. The second-order valence-electron chi connectivity index (χ2n) is 9.10. The van der Waals surface area contributed by atoms with Gasteiger partial charge in [0, 0.05) is 6.42 Å². The average molecular weight is 343 g/mol. The van der Waals surface area contributed by atoms with Crippen molar-refractivity contribution in [2.75, 3.05) is 0 Å². The van der Waals surface area contributed by atoms with Gasteiger partial charge in [-0.05, 0) is 64.2 Å². The number of aliphatic hydroxyl groups is 1. The minimum absolute atomic E-state index is 0.0719. The van der Waals surface area contributed by atoms with Gasteiger partial charge < -0.3 is 9.84 Å². The molecule has 0 rings (SSSR count). The van der Waals surface area contributed by atoms with Crippen LogP contribution in [0.2, 0.25) is 0 Å². The van der Waals surface area contributed by atoms with Gasteiger partial charge in [0.25, 0.3) is 0 Å². The molecule has 0 saturated heterocycles. The Morgan fingerprint density at radius 1 is 0.833 bits per heavy atom. The lowest BCUT2D eigenvalue weighted by atomic mass is 9.86. The lowest BCUT2D eigenvalue weighted by Gasteiger charge is -2.30. The minimum atomic E-state index is -0.561. The zero-order valence-corrected chi connectivity index (χ0v) is 17.3. The molecule has 0 aliphatic heterocycles. The number of carbonyl (C=O) groups is 1. The first-order valence-corrected chi connectivity index (χ1v) is 9.87. The molecular weight excluding hydrogens is 300 g/mol. The molecule has 0 amide bonds. The largest absolute Gasteiger partial charge is 0.459 e. The van der Waals surface area contributed by atoms with Crippen LogP contribution < -0.4 is 0 Å². The van der Waals surface area contributed by atoms with Gasteiger partial charge in [-0.25, -0.2) is 0 Å². The molecule has 0 fully saturated rings. The fraction of sp³-hybridized carbons (Fsp3) is 0.952. The summed E-state index contributed by atoms with van der Waals surface area (Å²) in [5.74, 6) is -0.0719. The van der Waals surface area contributed by atoms with Gasteiger partial charge in [0.05, 0.1) is 5.60 Å². The van der Waals surface area contributed by atoms with Crippen LogP contribution in [0.5, 0.6) is 0 Å². The first kappa shape index (κ1) is 23.4. The van der Waals surface area contributed by atoms with E-state index in [0.717, 1.165) is 57.8 Å². The molecule has 0 saturated carbocycles. The Bertz CT molecular complexity index is 355. The number of hydrogen-bond acceptors (Lipinski definition) is 3. The van der Waals surface area contributed by atoms with Crippen molar-refractivity contribution in [3.05, 3.63) is 0 Å². The predicted molar refractivity (Wildman–Crippen MR) is 102 cm³/mol. The third-order valence-electron chi connectivity index (χ3n) is 5.10. The molecule has 0 aromatic rings. The Morgan fingerprint density at radius 2 is 1.46 bits per heavy atom. The first-order chi connectivity index (χ1) is 10.9. The summed E-state index contributed by atoms with van der Waals surface area (Å²) < 4.78 is 5.78. The Balaban J connectivity index is 4.04. The second kappa shape index (κ2) is 10.4. The summed E-state index contributed by atoms with van der Waals surface area (Å²) in [6.45, 7) is 14.8. The normalized spacial score (nSPS) is 17.2. The quantitative estimate of drug-likeness (QED) is 0.348. The molecule has 0 aromatic heterocycles. The van der Waals surface area contributed by atoms with E-state index >= 15 is 0 Å². The number of rotatable bonds is 12. The van der Waals surface area contributed by atoms with Crippen molar-refractivity contribution in [1.29, 1.82) is 0 Å². The fourth-order valence-electron chi connectivity index (χ4n) is 2.75. The van der Waals surface area contributed by atoms with Crippen LogP contribution >= 0.6 is 0 Å². The summed E-state index contributed by atoms with van der Waals surface area (Å²) in [5.41, 5.74) is -0.555. The summed E-state index contributed by atoms with van der Waals surface area (Å²) in [5, 5.41) is 9.96. The van der Waals surface area contributed by atoms with E-state index < -0.39 is 5.60 Å². The van der Waals surface area contributed by atoms with Crippen molar-refractivity contribution in [2.45, 2.75) is 124 Å². The van der Waals surface area contributed by atoms with Crippen molar-refractivity contribution < 1.29 is 14.6 Å². The molecule has 2 atom stereocenters. The zero-order chi connectivity index (χ0) is 18.9. The van der Waals surface area contributed by atoms with Gasteiger partial charge in [0.15, 0.2) is 0 Å². The molecule has 3 nitrogen and oxygen atoms in total. The number of unbranched alkanes of at least 4 members (excludes halogenated alkanes) is 2. The molecule has 2 unspecified atom stereocenters. The fourth-order valence-corrected chi connectivity index (χ4v) is 2.75. The lowest BCUT2D eigenvalue weighted by Crippen LogP contribution is -2.31. The highest BCUT2D eigenvalue weighted by molar-refractivity contribution is 5.69. The Hall–Kier alpha value is -0.570. The van der Waals surface area contributed by atoms with E-state index in [1.54, 1.807) is 0 Å². The molecule has 0 radical (unpaired) electrons. The maximum atomic E-state index is 12.1. The maximum absolute atomic E-state index is 12.1. The first-order valence-electron chi connectivity index (χ1n) is 9.87. The highest BCUT2D eigenvalue weighted by Crippen LogP contribution is 2.28. The zero-order valence-electron chi connectivity index (χ0n) is 17.3. The topological polar surface area (TPSA) is 46.5 Å².